The van der Waals surface area contributed by atoms with Crippen LogP contribution in [-0.2, 0) is 0 Å². The zero-order valence-corrected chi connectivity index (χ0v) is 11.4. The Kier molecular flexibility index (Phi) is 4.53. The van der Waals surface area contributed by atoms with E-state index in [4.69, 9.17) is 0 Å². The summed E-state index contributed by atoms with van der Waals surface area (Å²) in [6.45, 7) is 4.58. The second kappa shape index (κ2) is 5.97. The first kappa shape index (κ1) is 14.4. The van der Waals surface area contributed by atoms with Crippen LogP contribution in [0.15, 0.2) is 18.2 Å². The number of aliphatic hydroxyl groups is 1. The van der Waals surface area contributed by atoms with Gasteiger partial charge in [-0.3, -0.25) is 4.90 Å². The molecule has 3 atom stereocenters. The Balaban J connectivity index is 2.11. The Morgan fingerprint density at radius 1 is 1.26 bits per heavy atom. The van der Waals surface area contributed by atoms with Crippen LogP contribution < -0.4 is 0 Å². The first-order valence-electron chi connectivity index (χ1n) is 6.88. The smallest absolute Gasteiger partial charge is 0.164 e. The van der Waals surface area contributed by atoms with Crippen LogP contribution >= 0.6 is 0 Å². The van der Waals surface area contributed by atoms with E-state index in [-0.39, 0.29) is 5.56 Å². The molecule has 2 rings (SSSR count). The topological polar surface area (TPSA) is 23.5 Å². The van der Waals surface area contributed by atoms with E-state index >= 15 is 0 Å². The van der Waals surface area contributed by atoms with E-state index in [9.17, 15) is 13.9 Å². The zero-order chi connectivity index (χ0) is 14.0. The van der Waals surface area contributed by atoms with Crippen molar-refractivity contribution in [2.75, 3.05) is 6.54 Å². The van der Waals surface area contributed by atoms with Gasteiger partial charge in [0.25, 0.3) is 0 Å². The Bertz CT molecular complexity index is 428. The van der Waals surface area contributed by atoms with Gasteiger partial charge < -0.3 is 5.11 Å². The molecule has 0 radical (unpaired) electrons. The maximum absolute atomic E-state index is 13.6. The average Bonchev–Trinajstić information content (AvgIpc) is 2.37. The van der Waals surface area contributed by atoms with E-state index < -0.39 is 17.7 Å². The number of piperidine rings is 1. The molecule has 0 aliphatic carbocycles. The Morgan fingerprint density at radius 2 is 1.89 bits per heavy atom. The van der Waals surface area contributed by atoms with Crippen molar-refractivity contribution < 1.29 is 13.9 Å². The van der Waals surface area contributed by atoms with Crippen LogP contribution in [0.2, 0.25) is 0 Å². The van der Waals surface area contributed by atoms with Gasteiger partial charge in [0.1, 0.15) is 0 Å². The molecule has 0 aromatic heterocycles. The first-order valence-corrected chi connectivity index (χ1v) is 6.88. The summed E-state index contributed by atoms with van der Waals surface area (Å²) in [7, 11) is 0. The number of benzene rings is 1. The molecule has 2 nitrogen and oxygen atoms in total. The van der Waals surface area contributed by atoms with Gasteiger partial charge in [-0.2, -0.15) is 0 Å². The Hall–Kier alpha value is -1.00. The standard InChI is InChI=1S/C15H21F2NO/c1-10-5-3-6-11(2)18(10)9-14(19)12-7-4-8-13(16)15(12)17/h4,7-8,10-11,14,19H,3,5-6,9H2,1-2H3/t10-,11+,14?. The molecule has 0 amide bonds. The van der Waals surface area contributed by atoms with Crippen molar-refractivity contribution in [3.05, 3.63) is 35.4 Å². The molecule has 1 aliphatic rings. The molecule has 0 saturated carbocycles. The predicted octanol–water partition coefficient (Wildman–Crippen LogP) is 3.26. The number of rotatable bonds is 3. The van der Waals surface area contributed by atoms with Crippen LogP contribution in [0.4, 0.5) is 8.78 Å². The molecule has 1 saturated heterocycles. The van der Waals surface area contributed by atoms with Crippen molar-refractivity contribution in [2.45, 2.75) is 51.3 Å². The third kappa shape index (κ3) is 3.12. The van der Waals surface area contributed by atoms with Gasteiger partial charge in [0.15, 0.2) is 11.6 Å². The SMILES string of the molecule is C[C@@H]1CCC[C@H](C)N1CC(O)c1cccc(F)c1F. The molecule has 1 unspecified atom stereocenters. The quantitative estimate of drug-likeness (QED) is 0.910. The highest BCUT2D eigenvalue weighted by atomic mass is 19.2. The van der Waals surface area contributed by atoms with Gasteiger partial charge in [-0.1, -0.05) is 18.6 Å². The lowest BCUT2D eigenvalue weighted by molar-refractivity contribution is 0.0395. The summed E-state index contributed by atoms with van der Waals surface area (Å²) in [6, 6.07) is 4.69. The minimum atomic E-state index is -0.987. The lowest BCUT2D eigenvalue weighted by Gasteiger charge is -2.40. The first-order chi connectivity index (χ1) is 9.00. The largest absolute Gasteiger partial charge is 0.387 e. The summed E-state index contributed by atoms with van der Waals surface area (Å²) in [5.74, 6) is -1.84. The van der Waals surface area contributed by atoms with E-state index in [2.05, 4.69) is 18.7 Å². The summed E-state index contributed by atoms with van der Waals surface area (Å²) in [6.07, 6.45) is 2.37. The molecule has 1 fully saturated rings. The summed E-state index contributed by atoms with van der Waals surface area (Å²) in [4.78, 5) is 2.18. The molecule has 4 heteroatoms. The van der Waals surface area contributed by atoms with E-state index in [0.29, 0.717) is 18.6 Å². The highest BCUT2D eigenvalue weighted by molar-refractivity contribution is 5.21. The predicted molar refractivity (Wildman–Crippen MR) is 70.8 cm³/mol. The number of nitrogens with zero attached hydrogens (tertiary/aromatic N) is 1. The number of likely N-dealkylation sites (tertiary alicyclic amines) is 1. The van der Waals surface area contributed by atoms with E-state index in [1.165, 1.54) is 18.6 Å². The van der Waals surface area contributed by atoms with Gasteiger partial charge in [0, 0.05) is 24.2 Å². The van der Waals surface area contributed by atoms with Crippen LogP contribution in [0.5, 0.6) is 0 Å². The van der Waals surface area contributed by atoms with E-state index in [1.54, 1.807) is 0 Å². The molecule has 1 aromatic carbocycles. The summed E-state index contributed by atoms with van der Waals surface area (Å²) in [5.41, 5.74) is 0.0463. The van der Waals surface area contributed by atoms with Gasteiger partial charge >= 0.3 is 0 Å². The third-order valence-electron chi connectivity index (χ3n) is 4.10. The van der Waals surface area contributed by atoms with Crippen molar-refractivity contribution in [1.82, 2.24) is 4.90 Å². The summed E-state index contributed by atoms with van der Waals surface area (Å²) in [5, 5.41) is 10.2. The van der Waals surface area contributed by atoms with Crippen molar-refractivity contribution in [3.8, 4) is 0 Å². The van der Waals surface area contributed by atoms with Crippen LogP contribution in [0, 0.1) is 11.6 Å². The molecule has 1 aromatic rings. The molecule has 0 bridgehead atoms. The normalized spacial score (nSPS) is 26.4. The second-order valence-corrected chi connectivity index (χ2v) is 5.48. The van der Waals surface area contributed by atoms with Crippen molar-refractivity contribution in [2.24, 2.45) is 0 Å². The van der Waals surface area contributed by atoms with Crippen LogP contribution in [0.1, 0.15) is 44.8 Å². The molecule has 106 valence electrons. The van der Waals surface area contributed by atoms with Crippen LogP contribution in [-0.4, -0.2) is 28.6 Å². The van der Waals surface area contributed by atoms with Crippen molar-refractivity contribution >= 4 is 0 Å². The third-order valence-corrected chi connectivity index (χ3v) is 4.10. The zero-order valence-electron chi connectivity index (χ0n) is 11.4. The van der Waals surface area contributed by atoms with Crippen LogP contribution in [0.25, 0.3) is 0 Å². The van der Waals surface area contributed by atoms with Crippen molar-refractivity contribution in [3.63, 3.8) is 0 Å². The monoisotopic (exact) mass is 269 g/mol. The average molecular weight is 269 g/mol. The van der Waals surface area contributed by atoms with Gasteiger partial charge in [0.2, 0.25) is 0 Å². The minimum Gasteiger partial charge on any atom is -0.387 e. The minimum absolute atomic E-state index is 0.0463. The van der Waals surface area contributed by atoms with Gasteiger partial charge in [-0.25, -0.2) is 8.78 Å². The molecule has 1 N–H and O–H groups in total. The lowest BCUT2D eigenvalue weighted by Crippen LogP contribution is -2.45. The van der Waals surface area contributed by atoms with E-state index in [1.807, 2.05) is 0 Å². The number of hydrogen-bond donors (Lipinski definition) is 1. The number of β-amino-alcohol motifs (C(OH)–C–C–N with tert-alkyl or cyclic N) is 1. The molecule has 0 spiro atoms. The van der Waals surface area contributed by atoms with Gasteiger partial charge in [-0.05, 0) is 32.8 Å². The van der Waals surface area contributed by atoms with E-state index in [0.717, 1.165) is 18.9 Å². The van der Waals surface area contributed by atoms with Gasteiger partial charge in [0.05, 0.1) is 6.10 Å². The number of hydrogen-bond acceptors (Lipinski definition) is 2. The maximum atomic E-state index is 13.6. The summed E-state index contributed by atoms with van der Waals surface area (Å²) < 4.78 is 26.8. The fraction of sp³-hybridized carbons (Fsp3) is 0.600. The number of halogens is 2. The highest BCUT2D eigenvalue weighted by Gasteiger charge is 2.28. The van der Waals surface area contributed by atoms with Crippen molar-refractivity contribution in [1.29, 1.82) is 0 Å². The fourth-order valence-electron chi connectivity index (χ4n) is 2.91. The number of aliphatic hydroxyl groups excluding tert-OH is 1. The summed E-state index contributed by atoms with van der Waals surface area (Å²) >= 11 is 0. The molecular weight excluding hydrogens is 248 g/mol. The Morgan fingerprint density at radius 3 is 2.53 bits per heavy atom. The molecule has 19 heavy (non-hydrogen) atoms. The fourth-order valence-corrected chi connectivity index (χ4v) is 2.91. The van der Waals surface area contributed by atoms with Gasteiger partial charge in [-0.15, -0.1) is 0 Å². The lowest BCUT2D eigenvalue weighted by atomic mass is 9.96. The second-order valence-electron chi connectivity index (χ2n) is 5.48. The highest BCUT2D eigenvalue weighted by Crippen LogP contribution is 2.27. The molecular formula is C15H21F2NO. The molecule has 1 aliphatic heterocycles. The maximum Gasteiger partial charge on any atom is 0.164 e. The Labute approximate surface area is 113 Å². The molecule has 1 heterocycles. The van der Waals surface area contributed by atoms with Crippen LogP contribution in [0.3, 0.4) is 0 Å².